The van der Waals surface area contributed by atoms with Crippen molar-refractivity contribution in [1.29, 1.82) is 0 Å². The summed E-state index contributed by atoms with van der Waals surface area (Å²) in [5.74, 6) is 1.07. The average molecular weight is 362 g/mol. The van der Waals surface area contributed by atoms with E-state index in [1.807, 2.05) is 31.2 Å². The lowest BCUT2D eigenvalue weighted by Gasteiger charge is -2.18. The molecule has 0 heterocycles. The number of unbranched alkanes of at least 4 members (excludes halogenated alkanes) is 1. The Kier molecular flexibility index (Phi) is 7.14. The van der Waals surface area contributed by atoms with Gasteiger partial charge in [0.2, 0.25) is 0 Å². The predicted molar refractivity (Wildman–Crippen MR) is 102 cm³/mol. The van der Waals surface area contributed by atoms with Crippen LogP contribution >= 0.6 is 11.6 Å². The van der Waals surface area contributed by atoms with Gasteiger partial charge >= 0.3 is 0 Å². The maximum atomic E-state index is 12.5. The lowest BCUT2D eigenvalue weighted by atomic mass is 10.2. The van der Waals surface area contributed by atoms with Crippen LogP contribution in [0.25, 0.3) is 0 Å². The molecule has 25 heavy (non-hydrogen) atoms. The van der Waals surface area contributed by atoms with Crippen LogP contribution in [0.3, 0.4) is 0 Å². The number of halogens is 1. The van der Waals surface area contributed by atoms with Gasteiger partial charge in [0.1, 0.15) is 11.5 Å². The molecule has 1 N–H and O–H groups in total. The Morgan fingerprint density at radius 1 is 1.20 bits per heavy atom. The van der Waals surface area contributed by atoms with Crippen LogP contribution in [0.2, 0.25) is 5.02 Å². The first-order chi connectivity index (χ1) is 12.0. The number of ether oxygens (including phenoxy) is 2. The molecule has 1 atom stereocenters. The Bertz CT molecular complexity index is 718. The summed E-state index contributed by atoms with van der Waals surface area (Å²) < 4.78 is 11.5. The SMILES string of the molecule is CCCCOc1ccccc1NC(=O)[C@@H](C)Oc1ccc(Cl)cc1C. The molecule has 2 aromatic carbocycles. The first-order valence-corrected chi connectivity index (χ1v) is 8.84. The molecule has 0 unspecified atom stereocenters. The van der Waals surface area contributed by atoms with Crippen molar-refractivity contribution in [3.8, 4) is 11.5 Å². The van der Waals surface area contributed by atoms with Crippen molar-refractivity contribution in [3.05, 3.63) is 53.1 Å². The number of hydrogen-bond donors (Lipinski definition) is 1. The van der Waals surface area contributed by atoms with Crippen molar-refractivity contribution >= 4 is 23.2 Å². The zero-order valence-corrected chi connectivity index (χ0v) is 15.6. The maximum Gasteiger partial charge on any atom is 0.265 e. The van der Waals surface area contributed by atoms with Crippen molar-refractivity contribution in [3.63, 3.8) is 0 Å². The van der Waals surface area contributed by atoms with Crippen LogP contribution < -0.4 is 14.8 Å². The number of carbonyl (C=O) groups excluding carboxylic acids is 1. The molecule has 0 saturated heterocycles. The molecule has 0 spiro atoms. The summed E-state index contributed by atoms with van der Waals surface area (Å²) in [4.78, 5) is 12.5. The fourth-order valence-corrected chi connectivity index (χ4v) is 2.47. The van der Waals surface area contributed by atoms with E-state index in [-0.39, 0.29) is 5.91 Å². The second kappa shape index (κ2) is 9.33. The van der Waals surface area contributed by atoms with E-state index < -0.39 is 6.10 Å². The molecule has 0 aliphatic carbocycles. The number of amides is 1. The van der Waals surface area contributed by atoms with E-state index in [1.165, 1.54) is 0 Å². The van der Waals surface area contributed by atoms with Gasteiger partial charge in [0, 0.05) is 5.02 Å². The molecule has 2 rings (SSSR count). The Labute approximate surface area is 154 Å². The predicted octanol–water partition coefficient (Wildman–Crippen LogP) is 5.23. The van der Waals surface area contributed by atoms with Gasteiger partial charge in [-0.15, -0.1) is 0 Å². The summed E-state index contributed by atoms with van der Waals surface area (Å²) in [5, 5.41) is 3.51. The van der Waals surface area contributed by atoms with E-state index in [0.29, 0.717) is 28.8 Å². The topological polar surface area (TPSA) is 47.6 Å². The van der Waals surface area contributed by atoms with E-state index >= 15 is 0 Å². The lowest BCUT2D eigenvalue weighted by molar-refractivity contribution is -0.122. The van der Waals surface area contributed by atoms with Crippen molar-refractivity contribution in [2.75, 3.05) is 11.9 Å². The fraction of sp³-hybridized carbons (Fsp3) is 0.350. The number of anilines is 1. The van der Waals surface area contributed by atoms with Gasteiger partial charge in [-0.3, -0.25) is 4.79 Å². The van der Waals surface area contributed by atoms with Crippen molar-refractivity contribution in [2.24, 2.45) is 0 Å². The standard InChI is InChI=1S/C20H24ClNO3/c1-4-5-12-24-19-9-7-6-8-17(19)22-20(23)15(3)25-18-11-10-16(21)13-14(18)2/h6-11,13,15H,4-5,12H2,1-3H3,(H,22,23)/t15-/m1/s1. The maximum absolute atomic E-state index is 12.5. The Hall–Kier alpha value is -2.20. The molecule has 1 amide bonds. The molecule has 0 aliphatic heterocycles. The van der Waals surface area contributed by atoms with E-state index in [0.717, 1.165) is 18.4 Å². The molecule has 0 fully saturated rings. The van der Waals surface area contributed by atoms with Crippen molar-refractivity contribution in [1.82, 2.24) is 0 Å². The molecule has 4 nitrogen and oxygen atoms in total. The summed E-state index contributed by atoms with van der Waals surface area (Å²) in [7, 11) is 0. The van der Waals surface area contributed by atoms with Crippen molar-refractivity contribution in [2.45, 2.75) is 39.7 Å². The Balaban J connectivity index is 2.01. The molecule has 0 radical (unpaired) electrons. The fourth-order valence-electron chi connectivity index (χ4n) is 2.25. The van der Waals surface area contributed by atoms with E-state index in [9.17, 15) is 4.79 Å². The van der Waals surface area contributed by atoms with Gasteiger partial charge in [0.25, 0.3) is 5.91 Å². The smallest absolute Gasteiger partial charge is 0.265 e. The average Bonchev–Trinajstić information content (AvgIpc) is 2.59. The second-order valence-electron chi connectivity index (χ2n) is 5.86. The Morgan fingerprint density at radius 2 is 1.96 bits per heavy atom. The van der Waals surface area contributed by atoms with E-state index in [4.69, 9.17) is 21.1 Å². The van der Waals surface area contributed by atoms with Crippen LogP contribution in [-0.4, -0.2) is 18.6 Å². The number of para-hydroxylation sites is 2. The third-order valence-electron chi connectivity index (χ3n) is 3.71. The number of carbonyl (C=O) groups is 1. The van der Waals surface area contributed by atoms with Crippen LogP contribution in [0.4, 0.5) is 5.69 Å². The number of nitrogens with one attached hydrogen (secondary N) is 1. The molecule has 0 bridgehead atoms. The van der Waals surface area contributed by atoms with Crippen molar-refractivity contribution < 1.29 is 14.3 Å². The lowest BCUT2D eigenvalue weighted by Crippen LogP contribution is -2.30. The minimum Gasteiger partial charge on any atom is -0.491 e. The molecule has 0 aromatic heterocycles. The summed E-state index contributed by atoms with van der Waals surface area (Å²) in [6, 6.07) is 12.7. The van der Waals surface area contributed by atoms with E-state index in [1.54, 1.807) is 25.1 Å². The highest BCUT2D eigenvalue weighted by atomic mass is 35.5. The van der Waals surface area contributed by atoms with Gasteiger partial charge in [-0.25, -0.2) is 0 Å². The summed E-state index contributed by atoms with van der Waals surface area (Å²) in [6.07, 6.45) is 1.38. The highest BCUT2D eigenvalue weighted by Crippen LogP contribution is 2.26. The zero-order valence-electron chi connectivity index (χ0n) is 14.8. The third kappa shape index (κ3) is 5.68. The molecular formula is C20H24ClNO3. The highest BCUT2D eigenvalue weighted by Gasteiger charge is 2.17. The van der Waals surface area contributed by atoms with Crippen LogP contribution in [0, 0.1) is 6.92 Å². The minimum absolute atomic E-state index is 0.235. The number of aryl methyl sites for hydroxylation is 1. The van der Waals surface area contributed by atoms with Crippen LogP contribution in [0.5, 0.6) is 11.5 Å². The molecule has 134 valence electrons. The molecule has 0 aliphatic rings. The van der Waals surface area contributed by atoms with E-state index in [2.05, 4.69) is 12.2 Å². The van der Waals surface area contributed by atoms with Crippen LogP contribution in [0.1, 0.15) is 32.3 Å². The minimum atomic E-state index is -0.649. The normalized spacial score (nSPS) is 11.7. The quantitative estimate of drug-likeness (QED) is 0.654. The first-order valence-electron chi connectivity index (χ1n) is 8.46. The van der Waals surface area contributed by atoms with Gasteiger partial charge in [0.15, 0.2) is 6.10 Å². The summed E-state index contributed by atoms with van der Waals surface area (Å²) in [5.41, 5.74) is 1.53. The third-order valence-corrected chi connectivity index (χ3v) is 3.95. The number of benzene rings is 2. The second-order valence-corrected chi connectivity index (χ2v) is 6.29. The molecule has 2 aromatic rings. The highest BCUT2D eigenvalue weighted by molar-refractivity contribution is 6.30. The molecular weight excluding hydrogens is 338 g/mol. The monoisotopic (exact) mass is 361 g/mol. The van der Waals surface area contributed by atoms with Crippen LogP contribution in [-0.2, 0) is 4.79 Å². The summed E-state index contributed by atoms with van der Waals surface area (Å²) >= 11 is 5.94. The van der Waals surface area contributed by atoms with Gasteiger partial charge in [0.05, 0.1) is 12.3 Å². The number of rotatable bonds is 8. The largest absolute Gasteiger partial charge is 0.491 e. The van der Waals surface area contributed by atoms with Gasteiger partial charge in [-0.05, 0) is 56.2 Å². The van der Waals surface area contributed by atoms with Gasteiger partial charge in [-0.2, -0.15) is 0 Å². The van der Waals surface area contributed by atoms with Gasteiger partial charge in [-0.1, -0.05) is 37.1 Å². The van der Waals surface area contributed by atoms with Gasteiger partial charge < -0.3 is 14.8 Å². The molecule has 0 saturated carbocycles. The summed E-state index contributed by atoms with van der Waals surface area (Å²) in [6.45, 7) is 6.33. The number of hydrogen-bond acceptors (Lipinski definition) is 3. The molecule has 5 heteroatoms. The Morgan fingerprint density at radius 3 is 2.68 bits per heavy atom. The first kappa shape index (κ1) is 19.1. The zero-order chi connectivity index (χ0) is 18.2. The van der Waals surface area contributed by atoms with Crippen LogP contribution in [0.15, 0.2) is 42.5 Å².